The van der Waals surface area contributed by atoms with Gasteiger partial charge in [-0.3, -0.25) is 9.59 Å². The van der Waals surface area contributed by atoms with Gasteiger partial charge in [-0.15, -0.1) is 0 Å². The summed E-state index contributed by atoms with van der Waals surface area (Å²) in [7, 11) is 1.31. The normalized spacial score (nSPS) is 9.96. The molecule has 0 aliphatic heterocycles. The van der Waals surface area contributed by atoms with Crippen molar-refractivity contribution in [2.45, 2.75) is 0 Å². The van der Waals surface area contributed by atoms with Crippen LogP contribution in [-0.2, 0) is 9.53 Å². The molecule has 0 heterocycles. The van der Waals surface area contributed by atoms with E-state index in [9.17, 15) is 14.7 Å². The molecule has 0 amide bonds. The second-order valence-corrected chi connectivity index (χ2v) is 4.80. The summed E-state index contributed by atoms with van der Waals surface area (Å²) in [6.07, 6.45) is 0. The zero-order chi connectivity index (χ0) is 16.7. The molecule has 2 aromatic rings. The summed E-state index contributed by atoms with van der Waals surface area (Å²) in [6, 6.07) is 13.4. The van der Waals surface area contributed by atoms with Gasteiger partial charge in [-0.1, -0.05) is 12.1 Å². The van der Waals surface area contributed by atoms with Gasteiger partial charge in [0.2, 0.25) is 0 Å². The minimum Gasteiger partial charge on any atom is -0.508 e. The Morgan fingerprint density at radius 3 is 2.39 bits per heavy atom. The molecule has 0 aliphatic rings. The first-order chi connectivity index (χ1) is 11.1. The number of carbonyl (C=O) groups excluding carboxylic acids is 2. The maximum Gasteiger partial charge on any atom is 0.325 e. The predicted octanol–water partition coefficient (Wildman–Crippen LogP) is 2.27. The molecule has 23 heavy (non-hydrogen) atoms. The fourth-order valence-electron chi connectivity index (χ4n) is 1.98. The molecular weight excluding hydrogens is 296 g/mol. The highest BCUT2D eigenvalue weighted by atomic mass is 16.5. The van der Waals surface area contributed by atoms with Crippen LogP contribution in [0.5, 0.6) is 5.75 Å². The fourth-order valence-corrected chi connectivity index (χ4v) is 1.98. The van der Waals surface area contributed by atoms with E-state index in [1.807, 2.05) is 0 Å². The van der Waals surface area contributed by atoms with E-state index in [0.717, 1.165) is 5.69 Å². The number of methoxy groups -OCH3 is 1. The molecule has 6 nitrogen and oxygen atoms in total. The van der Waals surface area contributed by atoms with E-state index in [2.05, 4.69) is 15.4 Å². The number of rotatable bonds is 7. The van der Waals surface area contributed by atoms with Gasteiger partial charge in [-0.05, 0) is 36.4 Å². The van der Waals surface area contributed by atoms with Gasteiger partial charge in [0.25, 0.3) is 0 Å². The quantitative estimate of drug-likeness (QED) is 0.413. The number of anilines is 2. The maximum absolute atomic E-state index is 12.4. The van der Waals surface area contributed by atoms with Gasteiger partial charge in [0.05, 0.1) is 13.7 Å². The van der Waals surface area contributed by atoms with Crippen molar-refractivity contribution in [3.8, 4) is 5.75 Å². The van der Waals surface area contributed by atoms with E-state index < -0.39 is 5.97 Å². The summed E-state index contributed by atoms with van der Waals surface area (Å²) in [4.78, 5) is 23.6. The molecular formula is C17H18N2O4. The minimum atomic E-state index is -0.408. The monoisotopic (exact) mass is 314 g/mol. The summed E-state index contributed by atoms with van der Waals surface area (Å²) in [5.41, 5.74) is 1.80. The molecule has 0 spiro atoms. The molecule has 6 heteroatoms. The van der Waals surface area contributed by atoms with Crippen molar-refractivity contribution in [3.63, 3.8) is 0 Å². The van der Waals surface area contributed by atoms with E-state index >= 15 is 0 Å². The number of benzene rings is 2. The Bertz CT molecular complexity index is 683. The van der Waals surface area contributed by atoms with E-state index in [4.69, 9.17) is 0 Å². The molecule has 0 saturated carbocycles. The lowest BCUT2D eigenvalue weighted by Crippen LogP contribution is -2.19. The third-order valence-electron chi connectivity index (χ3n) is 3.20. The molecule has 0 atom stereocenters. The van der Waals surface area contributed by atoms with Gasteiger partial charge >= 0.3 is 5.97 Å². The number of nitrogens with one attached hydrogen (secondary N) is 2. The number of esters is 1. The van der Waals surface area contributed by atoms with Crippen LogP contribution in [0.15, 0.2) is 48.5 Å². The van der Waals surface area contributed by atoms with Crippen molar-refractivity contribution in [2.24, 2.45) is 0 Å². The first kappa shape index (κ1) is 16.4. The Morgan fingerprint density at radius 2 is 1.70 bits per heavy atom. The van der Waals surface area contributed by atoms with Crippen LogP contribution >= 0.6 is 0 Å². The number of hydrogen-bond donors (Lipinski definition) is 3. The zero-order valence-electron chi connectivity index (χ0n) is 12.7. The standard InChI is InChI=1S/C17H18N2O4/c1-23-17(22)11-19-15-5-3-2-4-14(15)16(21)10-18-12-6-8-13(20)9-7-12/h2-9,18-20H,10-11H2,1H3. The SMILES string of the molecule is COC(=O)CNc1ccccc1C(=O)CNc1ccc(O)cc1. The molecule has 0 unspecified atom stereocenters. The van der Waals surface area contributed by atoms with E-state index in [0.29, 0.717) is 11.3 Å². The van der Waals surface area contributed by atoms with Crippen LogP contribution in [0.1, 0.15) is 10.4 Å². The number of carbonyl (C=O) groups is 2. The summed E-state index contributed by atoms with van der Waals surface area (Å²) >= 11 is 0. The first-order valence-electron chi connectivity index (χ1n) is 7.06. The number of hydrogen-bond acceptors (Lipinski definition) is 6. The third kappa shape index (κ3) is 4.74. The van der Waals surface area contributed by atoms with Gasteiger partial charge in [0.15, 0.2) is 5.78 Å². The second-order valence-electron chi connectivity index (χ2n) is 4.80. The number of phenols is 1. The van der Waals surface area contributed by atoms with Gasteiger partial charge in [0, 0.05) is 16.9 Å². The molecule has 120 valence electrons. The Labute approximate surface area is 134 Å². The van der Waals surface area contributed by atoms with Gasteiger partial charge in [0.1, 0.15) is 12.3 Å². The predicted molar refractivity (Wildman–Crippen MR) is 87.9 cm³/mol. The molecule has 0 radical (unpaired) electrons. The highest BCUT2D eigenvalue weighted by Crippen LogP contribution is 2.17. The first-order valence-corrected chi connectivity index (χ1v) is 7.06. The van der Waals surface area contributed by atoms with E-state index in [1.165, 1.54) is 7.11 Å². The van der Waals surface area contributed by atoms with Gasteiger partial charge in [-0.2, -0.15) is 0 Å². The molecule has 0 fully saturated rings. The molecule has 2 rings (SSSR count). The molecule has 0 bridgehead atoms. The van der Waals surface area contributed by atoms with Crippen LogP contribution in [0, 0.1) is 0 Å². The van der Waals surface area contributed by atoms with Crippen LogP contribution < -0.4 is 10.6 Å². The number of phenolic OH excluding ortho intramolecular Hbond substituents is 1. The van der Waals surface area contributed by atoms with Gasteiger partial charge < -0.3 is 20.5 Å². The molecule has 0 aromatic heterocycles. The van der Waals surface area contributed by atoms with Crippen LogP contribution in [0.25, 0.3) is 0 Å². The van der Waals surface area contributed by atoms with Crippen molar-refractivity contribution in [1.82, 2.24) is 0 Å². The molecule has 3 N–H and O–H groups in total. The van der Waals surface area contributed by atoms with Crippen molar-refractivity contribution in [2.75, 3.05) is 30.8 Å². The maximum atomic E-state index is 12.4. The zero-order valence-corrected chi connectivity index (χ0v) is 12.7. The Hall–Kier alpha value is -3.02. The highest BCUT2D eigenvalue weighted by Gasteiger charge is 2.11. The van der Waals surface area contributed by atoms with Gasteiger partial charge in [-0.25, -0.2) is 0 Å². The summed E-state index contributed by atoms with van der Waals surface area (Å²) in [6.45, 7) is 0.0911. The summed E-state index contributed by atoms with van der Waals surface area (Å²) in [5.74, 6) is -0.361. The molecule has 0 aliphatic carbocycles. The topological polar surface area (TPSA) is 87.7 Å². The van der Waals surface area contributed by atoms with Crippen LogP contribution in [-0.4, -0.2) is 37.1 Å². The van der Waals surface area contributed by atoms with E-state index in [1.54, 1.807) is 48.5 Å². The van der Waals surface area contributed by atoms with Crippen molar-refractivity contribution < 1.29 is 19.4 Å². The highest BCUT2D eigenvalue weighted by molar-refractivity contribution is 6.03. The lowest BCUT2D eigenvalue weighted by molar-refractivity contribution is -0.138. The van der Waals surface area contributed by atoms with E-state index in [-0.39, 0.29) is 24.6 Å². The Balaban J connectivity index is 2.01. The smallest absolute Gasteiger partial charge is 0.325 e. The average molecular weight is 314 g/mol. The van der Waals surface area contributed by atoms with Crippen molar-refractivity contribution in [3.05, 3.63) is 54.1 Å². The van der Waals surface area contributed by atoms with Crippen LogP contribution in [0.4, 0.5) is 11.4 Å². The van der Waals surface area contributed by atoms with Crippen molar-refractivity contribution in [1.29, 1.82) is 0 Å². The average Bonchev–Trinajstić information content (AvgIpc) is 2.59. The third-order valence-corrected chi connectivity index (χ3v) is 3.20. The summed E-state index contributed by atoms with van der Waals surface area (Å²) < 4.78 is 4.57. The van der Waals surface area contributed by atoms with Crippen LogP contribution in [0.2, 0.25) is 0 Å². The van der Waals surface area contributed by atoms with Crippen LogP contribution in [0.3, 0.4) is 0 Å². The molecule has 0 saturated heterocycles. The number of ketones is 1. The number of aromatic hydroxyl groups is 1. The van der Waals surface area contributed by atoms with Crippen molar-refractivity contribution >= 4 is 23.1 Å². The lowest BCUT2D eigenvalue weighted by Gasteiger charge is -2.11. The Kier molecular flexibility index (Phi) is 5.57. The largest absolute Gasteiger partial charge is 0.508 e. The number of Topliss-reactive ketones (excluding diaryl/α,β-unsaturated/α-hetero) is 1. The molecule has 2 aromatic carbocycles. The lowest BCUT2D eigenvalue weighted by atomic mass is 10.1. The Morgan fingerprint density at radius 1 is 1.00 bits per heavy atom. The minimum absolute atomic E-state index is 0.00775. The fraction of sp³-hybridized carbons (Fsp3) is 0.176. The second kappa shape index (κ2) is 7.84. The number of ether oxygens (including phenoxy) is 1. The summed E-state index contributed by atoms with van der Waals surface area (Å²) in [5, 5.41) is 15.1. The number of para-hydroxylation sites is 1.